The van der Waals surface area contributed by atoms with Crippen LogP contribution in [-0.4, -0.2) is 28.4 Å². The van der Waals surface area contributed by atoms with Crippen LogP contribution in [-0.2, 0) is 28.7 Å². The first-order chi connectivity index (χ1) is 13.0. The minimum Gasteiger partial charge on any atom is -0.481 e. The van der Waals surface area contributed by atoms with Gasteiger partial charge in [0.05, 0.1) is 12.0 Å². The van der Waals surface area contributed by atoms with Crippen LogP contribution in [0.1, 0.15) is 36.1 Å². The topological polar surface area (TPSA) is 57.6 Å². The van der Waals surface area contributed by atoms with Gasteiger partial charge in [-0.05, 0) is 53.8 Å². The Morgan fingerprint density at radius 2 is 1.75 bits per heavy atom. The van der Waals surface area contributed by atoms with Crippen LogP contribution in [0.15, 0.2) is 36.4 Å². The van der Waals surface area contributed by atoms with Crippen LogP contribution < -0.4 is 0 Å². The lowest BCUT2D eigenvalue weighted by atomic mass is 9.92. The van der Waals surface area contributed by atoms with Gasteiger partial charge in [-0.1, -0.05) is 24.3 Å². The van der Waals surface area contributed by atoms with Gasteiger partial charge in [0, 0.05) is 20.0 Å². The van der Waals surface area contributed by atoms with Crippen molar-refractivity contribution in [1.82, 2.24) is 4.90 Å². The van der Waals surface area contributed by atoms with Gasteiger partial charge in [-0.2, -0.15) is 13.2 Å². The van der Waals surface area contributed by atoms with E-state index >= 15 is 0 Å². The van der Waals surface area contributed by atoms with Crippen LogP contribution in [0.3, 0.4) is 0 Å². The molecule has 2 aromatic carbocycles. The van der Waals surface area contributed by atoms with Crippen molar-refractivity contribution < 1.29 is 27.9 Å². The molecule has 1 N–H and O–H groups in total. The fourth-order valence-corrected chi connectivity index (χ4v) is 3.06. The molecule has 150 valence electrons. The number of carboxylic acid groups (broad SMARTS) is 1. The second kappa shape index (κ2) is 8.46. The van der Waals surface area contributed by atoms with Gasteiger partial charge in [0.25, 0.3) is 0 Å². The van der Waals surface area contributed by atoms with E-state index in [0.717, 1.165) is 17.7 Å². The number of amides is 1. The summed E-state index contributed by atoms with van der Waals surface area (Å²) in [5.41, 5.74) is 2.14. The molecule has 0 heterocycles. The summed E-state index contributed by atoms with van der Waals surface area (Å²) in [7, 11) is 0. The lowest BCUT2D eigenvalue weighted by molar-refractivity contribution is -0.138. The van der Waals surface area contributed by atoms with Gasteiger partial charge in [0.2, 0.25) is 5.91 Å². The van der Waals surface area contributed by atoms with E-state index in [1.54, 1.807) is 25.1 Å². The van der Waals surface area contributed by atoms with Gasteiger partial charge in [0.15, 0.2) is 0 Å². The molecule has 2 rings (SSSR count). The highest BCUT2D eigenvalue weighted by Crippen LogP contribution is 2.35. The molecule has 0 aliphatic rings. The van der Waals surface area contributed by atoms with E-state index in [2.05, 4.69) is 0 Å². The molecule has 0 saturated heterocycles. The van der Waals surface area contributed by atoms with Crippen molar-refractivity contribution in [2.24, 2.45) is 0 Å². The summed E-state index contributed by atoms with van der Waals surface area (Å²) in [5, 5.41) is 9.02. The minimum atomic E-state index is -4.50. The monoisotopic (exact) mass is 393 g/mol. The number of nitrogens with zero attached hydrogens (tertiary/aromatic N) is 1. The summed E-state index contributed by atoms with van der Waals surface area (Å²) in [5.74, 6) is -1.22. The minimum absolute atomic E-state index is 0.0354. The summed E-state index contributed by atoms with van der Waals surface area (Å²) >= 11 is 0. The number of rotatable bonds is 6. The zero-order valence-corrected chi connectivity index (χ0v) is 15.9. The highest BCUT2D eigenvalue weighted by molar-refractivity contribution is 5.76. The molecule has 7 heteroatoms. The van der Waals surface area contributed by atoms with E-state index < -0.39 is 17.7 Å². The fraction of sp³-hybridized carbons (Fsp3) is 0.333. The first-order valence-electron chi connectivity index (χ1n) is 8.80. The van der Waals surface area contributed by atoms with Crippen molar-refractivity contribution >= 4 is 11.9 Å². The van der Waals surface area contributed by atoms with E-state index in [-0.39, 0.29) is 18.9 Å². The van der Waals surface area contributed by atoms with Gasteiger partial charge in [-0.25, -0.2) is 0 Å². The smallest absolute Gasteiger partial charge is 0.416 e. The van der Waals surface area contributed by atoms with Crippen molar-refractivity contribution in [2.45, 2.75) is 39.9 Å². The zero-order valence-electron chi connectivity index (χ0n) is 15.9. The van der Waals surface area contributed by atoms with Crippen LogP contribution in [0, 0.1) is 6.92 Å². The van der Waals surface area contributed by atoms with Crippen LogP contribution >= 0.6 is 0 Å². The average Bonchev–Trinajstić information content (AvgIpc) is 2.59. The van der Waals surface area contributed by atoms with Crippen LogP contribution in [0.5, 0.6) is 0 Å². The maximum absolute atomic E-state index is 13.2. The molecule has 4 nitrogen and oxygen atoms in total. The van der Waals surface area contributed by atoms with Crippen molar-refractivity contribution in [2.75, 3.05) is 6.54 Å². The lowest BCUT2D eigenvalue weighted by Crippen LogP contribution is -2.28. The third kappa shape index (κ3) is 5.12. The molecular formula is C21H22F3NO3. The van der Waals surface area contributed by atoms with Crippen molar-refractivity contribution in [1.29, 1.82) is 0 Å². The Hall–Kier alpha value is -2.83. The van der Waals surface area contributed by atoms with Gasteiger partial charge in [-0.15, -0.1) is 0 Å². The van der Waals surface area contributed by atoms with E-state index in [4.69, 9.17) is 5.11 Å². The number of carboxylic acids is 1. The van der Waals surface area contributed by atoms with Gasteiger partial charge >= 0.3 is 12.1 Å². The summed E-state index contributed by atoms with van der Waals surface area (Å²) < 4.78 is 39.7. The highest BCUT2D eigenvalue weighted by atomic mass is 19.4. The molecule has 28 heavy (non-hydrogen) atoms. The molecule has 0 bridgehead atoms. The standard InChI is InChI=1S/C21H22F3NO3/c1-4-25(14(3)26)12-16-11-17(21(22,23)24)7-8-18(16)19-9-15(10-20(27)28)6-5-13(19)2/h5-9,11H,4,10,12H2,1-3H3,(H,27,28). The molecule has 0 atom stereocenters. The van der Waals surface area contributed by atoms with E-state index in [1.165, 1.54) is 17.9 Å². The molecular weight excluding hydrogens is 371 g/mol. The van der Waals surface area contributed by atoms with Crippen LogP contribution in [0.4, 0.5) is 13.2 Å². The number of aliphatic carboxylic acids is 1. The Kier molecular flexibility index (Phi) is 6.48. The molecule has 1 amide bonds. The third-order valence-corrected chi connectivity index (χ3v) is 4.57. The Morgan fingerprint density at radius 1 is 1.07 bits per heavy atom. The largest absolute Gasteiger partial charge is 0.481 e. The second-order valence-corrected chi connectivity index (χ2v) is 6.62. The second-order valence-electron chi connectivity index (χ2n) is 6.62. The van der Waals surface area contributed by atoms with Crippen molar-refractivity contribution in [3.63, 3.8) is 0 Å². The quantitative estimate of drug-likeness (QED) is 0.776. The number of carbonyl (C=O) groups is 2. The molecule has 0 aromatic heterocycles. The summed E-state index contributed by atoms with van der Waals surface area (Å²) in [4.78, 5) is 24.3. The summed E-state index contributed by atoms with van der Waals surface area (Å²) in [6.45, 7) is 5.34. The third-order valence-electron chi connectivity index (χ3n) is 4.57. The zero-order chi connectivity index (χ0) is 21.1. The summed E-state index contributed by atoms with van der Waals surface area (Å²) in [6, 6.07) is 8.57. The van der Waals surface area contributed by atoms with E-state index in [0.29, 0.717) is 28.8 Å². The van der Waals surface area contributed by atoms with Gasteiger partial charge < -0.3 is 10.0 Å². The Morgan fingerprint density at radius 3 is 2.29 bits per heavy atom. The number of hydrogen-bond acceptors (Lipinski definition) is 2. The maximum atomic E-state index is 13.2. The predicted molar refractivity (Wildman–Crippen MR) is 99.7 cm³/mol. The summed E-state index contributed by atoms with van der Waals surface area (Å²) in [6.07, 6.45) is -4.68. The number of hydrogen-bond donors (Lipinski definition) is 1. The van der Waals surface area contributed by atoms with Crippen LogP contribution in [0.25, 0.3) is 11.1 Å². The molecule has 0 radical (unpaired) electrons. The van der Waals surface area contributed by atoms with Crippen molar-refractivity contribution in [3.05, 3.63) is 58.7 Å². The van der Waals surface area contributed by atoms with Gasteiger partial charge in [0.1, 0.15) is 0 Å². The Labute approximate surface area is 161 Å². The molecule has 0 saturated carbocycles. The molecule has 0 spiro atoms. The van der Waals surface area contributed by atoms with Gasteiger partial charge in [-0.3, -0.25) is 9.59 Å². The normalized spacial score (nSPS) is 11.4. The number of carbonyl (C=O) groups excluding carboxylic acids is 1. The predicted octanol–water partition coefficient (Wildman–Crippen LogP) is 4.68. The lowest BCUT2D eigenvalue weighted by Gasteiger charge is -2.23. The molecule has 2 aromatic rings. The number of benzene rings is 2. The molecule has 0 unspecified atom stereocenters. The average molecular weight is 393 g/mol. The maximum Gasteiger partial charge on any atom is 0.416 e. The Bertz CT molecular complexity index is 891. The SMILES string of the molecule is CCN(Cc1cc(C(F)(F)F)ccc1-c1cc(CC(=O)O)ccc1C)C(C)=O. The first-order valence-corrected chi connectivity index (χ1v) is 8.80. The van der Waals surface area contributed by atoms with Crippen LogP contribution in [0.2, 0.25) is 0 Å². The first kappa shape index (κ1) is 21.5. The highest BCUT2D eigenvalue weighted by Gasteiger charge is 2.31. The Balaban J connectivity index is 2.62. The number of halogens is 3. The fourth-order valence-electron chi connectivity index (χ4n) is 3.06. The molecule has 0 fully saturated rings. The molecule has 0 aliphatic carbocycles. The number of aryl methyl sites for hydroxylation is 1. The molecule has 0 aliphatic heterocycles. The van der Waals surface area contributed by atoms with E-state index in [9.17, 15) is 22.8 Å². The van der Waals surface area contributed by atoms with Crippen molar-refractivity contribution in [3.8, 4) is 11.1 Å². The number of alkyl halides is 3. The van der Waals surface area contributed by atoms with E-state index in [1.807, 2.05) is 6.92 Å².